The smallest absolute Gasteiger partial charge is 0.310 e. The van der Waals surface area contributed by atoms with E-state index < -0.39 is 0 Å². The molecule has 0 aliphatic carbocycles. The molecule has 0 N–H and O–H groups in total. The SMILES string of the molecule is CCOC(=O)Cc1cc(C(C)(C)C)ccc1OCC. The zero-order valence-electron chi connectivity index (χ0n) is 12.6. The fourth-order valence-electron chi connectivity index (χ4n) is 1.85. The van der Waals surface area contributed by atoms with E-state index in [0.29, 0.717) is 13.2 Å². The molecule has 0 heterocycles. The molecule has 19 heavy (non-hydrogen) atoms. The van der Waals surface area contributed by atoms with Gasteiger partial charge in [0.15, 0.2) is 0 Å². The van der Waals surface area contributed by atoms with Crippen LogP contribution in [-0.4, -0.2) is 19.2 Å². The molecule has 1 aromatic carbocycles. The third kappa shape index (κ3) is 4.58. The lowest BCUT2D eigenvalue weighted by molar-refractivity contribution is -0.142. The number of esters is 1. The van der Waals surface area contributed by atoms with Crippen molar-refractivity contribution >= 4 is 5.97 Å². The van der Waals surface area contributed by atoms with Gasteiger partial charge in [-0.2, -0.15) is 0 Å². The Morgan fingerprint density at radius 3 is 2.37 bits per heavy atom. The van der Waals surface area contributed by atoms with E-state index in [1.54, 1.807) is 0 Å². The van der Waals surface area contributed by atoms with Gasteiger partial charge in [0.25, 0.3) is 0 Å². The fraction of sp³-hybridized carbons (Fsp3) is 0.562. The van der Waals surface area contributed by atoms with Gasteiger partial charge in [-0.1, -0.05) is 32.9 Å². The molecule has 0 unspecified atom stereocenters. The van der Waals surface area contributed by atoms with Crippen LogP contribution < -0.4 is 4.74 Å². The van der Waals surface area contributed by atoms with Gasteiger partial charge >= 0.3 is 5.97 Å². The van der Waals surface area contributed by atoms with Crippen LogP contribution in [0.5, 0.6) is 5.75 Å². The average molecular weight is 264 g/mol. The molecular formula is C16H24O3. The number of hydrogen-bond acceptors (Lipinski definition) is 3. The van der Waals surface area contributed by atoms with Crippen molar-refractivity contribution in [1.82, 2.24) is 0 Å². The molecule has 0 spiro atoms. The van der Waals surface area contributed by atoms with Crippen molar-refractivity contribution in [2.45, 2.75) is 46.5 Å². The van der Waals surface area contributed by atoms with Crippen LogP contribution in [0.25, 0.3) is 0 Å². The molecule has 0 bridgehead atoms. The quantitative estimate of drug-likeness (QED) is 0.764. The molecule has 3 nitrogen and oxygen atoms in total. The van der Waals surface area contributed by atoms with Crippen LogP contribution in [0.2, 0.25) is 0 Å². The number of benzene rings is 1. The summed E-state index contributed by atoms with van der Waals surface area (Å²) in [7, 11) is 0. The lowest BCUT2D eigenvalue weighted by atomic mass is 9.85. The number of ether oxygens (including phenoxy) is 2. The third-order valence-electron chi connectivity index (χ3n) is 2.87. The van der Waals surface area contributed by atoms with Crippen molar-refractivity contribution in [3.8, 4) is 5.75 Å². The topological polar surface area (TPSA) is 35.5 Å². The fourth-order valence-corrected chi connectivity index (χ4v) is 1.85. The van der Waals surface area contributed by atoms with E-state index >= 15 is 0 Å². The highest BCUT2D eigenvalue weighted by atomic mass is 16.5. The van der Waals surface area contributed by atoms with Gasteiger partial charge in [-0.3, -0.25) is 4.79 Å². The first-order valence-electron chi connectivity index (χ1n) is 6.80. The second-order valence-corrected chi connectivity index (χ2v) is 5.49. The zero-order valence-corrected chi connectivity index (χ0v) is 12.6. The maximum Gasteiger partial charge on any atom is 0.310 e. The van der Waals surface area contributed by atoms with Gasteiger partial charge in [0, 0.05) is 5.56 Å². The van der Waals surface area contributed by atoms with Crippen molar-refractivity contribution < 1.29 is 14.3 Å². The van der Waals surface area contributed by atoms with Crippen LogP contribution in [0.4, 0.5) is 0 Å². The number of carbonyl (C=O) groups excluding carboxylic acids is 1. The van der Waals surface area contributed by atoms with E-state index in [2.05, 4.69) is 26.8 Å². The monoisotopic (exact) mass is 264 g/mol. The van der Waals surface area contributed by atoms with E-state index in [1.807, 2.05) is 26.0 Å². The van der Waals surface area contributed by atoms with Gasteiger partial charge in [0.1, 0.15) is 5.75 Å². The summed E-state index contributed by atoms with van der Waals surface area (Å²) in [5, 5.41) is 0. The molecule has 0 radical (unpaired) electrons. The predicted octanol–water partition coefficient (Wildman–Crippen LogP) is 3.49. The van der Waals surface area contributed by atoms with Crippen LogP contribution in [0.1, 0.15) is 45.7 Å². The van der Waals surface area contributed by atoms with Gasteiger partial charge in [0.05, 0.1) is 19.6 Å². The number of hydrogen-bond donors (Lipinski definition) is 0. The number of carbonyl (C=O) groups is 1. The molecule has 1 aromatic rings. The molecule has 0 aromatic heterocycles. The summed E-state index contributed by atoms with van der Waals surface area (Å²) in [6.07, 6.45) is 0.257. The molecule has 0 aliphatic heterocycles. The Hall–Kier alpha value is -1.51. The molecule has 0 fully saturated rings. The maximum atomic E-state index is 11.7. The molecule has 3 heteroatoms. The van der Waals surface area contributed by atoms with Crippen LogP contribution in [0, 0.1) is 0 Å². The highest BCUT2D eigenvalue weighted by Crippen LogP contribution is 2.28. The predicted molar refractivity (Wildman–Crippen MR) is 76.6 cm³/mol. The molecule has 106 valence electrons. The van der Waals surface area contributed by atoms with Crippen LogP contribution in [0.15, 0.2) is 18.2 Å². The lowest BCUT2D eigenvalue weighted by Gasteiger charge is -2.21. The Balaban J connectivity index is 3.05. The molecule has 0 saturated carbocycles. The first-order chi connectivity index (χ1) is 8.88. The zero-order chi connectivity index (χ0) is 14.5. The van der Waals surface area contributed by atoms with Gasteiger partial charge in [-0.05, 0) is 30.9 Å². The Bertz CT molecular complexity index is 430. The van der Waals surface area contributed by atoms with Crippen molar-refractivity contribution in [3.63, 3.8) is 0 Å². The molecule has 0 amide bonds. The van der Waals surface area contributed by atoms with Crippen LogP contribution in [0.3, 0.4) is 0 Å². The summed E-state index contributed by atoms with van der Waals surface area (Å²) in [5.41, 5.74) is 2.14. The summed E-state index contributed by atoms with van der Waals surface area (Å²) in [6.45, 7) is 11.2. The number of rotatable bonds is 5. The van der Waals surface area contributed by atoms with E-state index in [4.69, 9.17) is 9.47 Å². The third-order valence-corrected chi connectivity index (χ3v) is 2.87. The first-order valence-corrected chi connectivity index (χ1v) is 6.80. The molecule has 0 saturated heterocycles. The average Bonchev–Trinajstić information content (AvgIpc) is 2.30. The minimum Gasteiger partial charge on any atom is -0.494 e. The Labute approximate surface area is 115 Å². The van der Waals surface area contributed by atoms with Gasteiger partial charge in [-0.15, -0.1) is 0 Å². The van der Waals surface area contributed by atoms with Crippen LogP contribution >= 0.6 is 0 Å². The Morgan fingerprint density at radius 2 is 1.84 bits per heavy atom. The summed E-state index contributed by atoms with van der Waals surface area (Å²) in [6, 6.07) is 6.04. The maximum absolute atomic E-state index is 11.7. The van der Waals surface area contributed by atoms with E-state index in [9.17, 15) is 4.79 Å². The lowest BCUT2D eigenvalue weighted by Crippen LogP contribution is -2.14. The van der Waals surface area contributed by atoms with Gasteiger partial charge < -0.3 is 9.47 Å². The van der Waals surface area contributed by atoms with E-state index in [1.165, 1.54) is 5.56 Å². The molecular weight excluding hydrogens is 240 g/mol. The first kappa shape index (κ1) is 15.5. The van der Waals surface area contributed by atoms with Crippen LogP contribution in [-0.2, 0) is 21.4 Å². The second kappa shape index (κ2) is 6.60. The standard InChI is InChI=1S/C16H24O3/c1-6-18-14-9-8-13(16(3,4)5)10-12(14)11-15(17)19-7-2/h8-10H,6-7,11H2,1-5H3. The molecule has 0 atom stereocenters. The Kier molecular flexibility index (Phi) is 5.40. The minimum absolute atomic E-state index is 0.0498. The van der Waals surface area contributed by atoms with E-state index in [0.717, 1.165) is 11.3 Å². The molecule has 0 aliphatic rings. The summed E-state index contributed by atoms with van der Waals surface area (Å²) in [4.78, 5) is 11.7. The van der Waals surface area contributed by atoms with Gasteiger partial charge in [-0.25, -0.2) is 0 Å². The molecule has 1 rings (SSSR count). The minimum atomic E-state index is -0.213. The van der Waals surface area contributed by atoms with Crippen molar-refractivity contribution in [3.05, 3.63) is 29.3 Å². The second-order valence-electron chi connectivity index (χ2n) is 5.49. The summed E-state index contributed by atoms with van der Waals surface area (Å²) in [5.74, 6) is 0.554. The highest BCUT2D eigenvalue weighted by molar-refractivity contribution is 5.73. The summed E-state index contributed by atoms with van der Waals surface area (Å²) < 4.78 is 10.6. The van der Waals surface area contributed by atoms with Crippen molar-refractivity contribution in [1.29, 1.82) is 0 Å². The van der Waals surface area contributed by atoms with E-state index in [-0.39, 0.29) is 17.8 Å². The normalized spacial score (nSPS) is 11.2. The largest absolute Gasteiger partial charge is 0.494 e. The summed E-state index contributed by atoms with van der Waals surface area (Å²) >= 11 is 0. The van der Waals surface area contributed by atoms with Gasteiger partial charge in [0.2, 0.25) is 0 Å². The Morgan fingerprint density at radius 1 is 1.16 bits per heavy atom. The van der Waals surface area contributed by atoms with Crippen molar-refractivity contribution in [2.75, 3.05) is 13.2 Å². The van der Waals surface area contributed by atoms with Crippen molar-refractivity contribution in [2.24, 2.45) is 0 Å². The highest BCUT2D eigenvalue weighted by Gasteiger charge is 2.17.